The quantitative estimate of drug-likeness (QED) is 0.539. The molecule has 0 unspecified atom stereocenters. The third-order valence-electron chi connectivity index (χ3n) is 4.75. The molecule has 0 amide bonds. The van der Waals surface area contributed by atoms with Crippen molar-refractivity contribution in [2.45, 2.75) is 51.8 Å². The Hall–Kier alpha value is -2.76. The lowest BCUT2D eigenvalue weighted by Gasteiger charge is -2.17. The second-order valence-corrected chi connectivity index (χ2v) is 6.88. The normalized spacial score (nSPS) is 14.7. The Morgan fingerprint density at radius 1 is 1.14 bits per heavy atom. The van der Waals surface area contributed by atoms with Crippen molar-refractivity contribution in [2.75, 3.05) is 13.7 Å². The largest absolute Gasteiger partial charge is 0.493 e. The summed E-state index contributed by atoms with van der Waals surface area (Å²) in [5, 5.41) is 6.60. The zero-order chi connectivity index (χ0) is 19.6. The summed E-state index contributed by atoms with van der Waals surface area (Å²) in [6.45, 7) is 4.04. The molecule has 1 aromatic heterocycles. The van der Waals surface area contributed by atoms with Gasteiger partial charge in [0.1, 0.15) is 0 Å². The van der Waals surface area contributed by atoms with E-state index in [0.29, 0.717) is 19.2 Å². The van der Waals surface area contributed by atoms with Crippen LogP contribution in [0.25, 0.3) is 0 Å². The second-order valence-electron chi connectivity index (χ2n) is 6.88. The van der Waals surface area contributed by atoms with Gasteiger partial charge in [0.2, 0.25) is 0 Å². The van der Waals surface area contributed by atoms with Gasteiger partial charge >= 0.3 is 0 Å². The highest BCUT2D eigenvalue weighted by Gasteiger charge is 2.18. The van der Waals surface area contributed by atoms with Crippen molar-refractivity contribution in [1.82, 2.24) is 15.6 Å². The van der Waals surface area contributed by atoms with E-state index in [4.69, 9.17) is 14.5 Å². The molecule has 1 aromatic carbocycles. The molecule has 2 aromatic rings. The van der Waals surface area contributed by atoms with Crippen LogP contribution in [0, 0.1) is 0 Å². The molecule has 0 radical (unpaired) electrons. The van der Waals surface area contributed by atoms with Gasteiger partial charge in [0, 0.05) is 12.7 Å². The number of benzene rings is 1. The molecule has 1 fully saturated rings. The summed E-state index contributed by atoms with van der Waals surface area (Å²) in [6, 6.07) is 11.9. The van der Waals surface area contributed by atoms with Gasteiger partial charge in [-0.15, -0.1) is 0 Å². The summed E-state index contributed by atoms with van der Waals surface area (Å²) in [7, 11) is 1.68. The second kappa shape index (κ2) is 10.5. The van der Waals surface area contributed by atoms with E-state index >= 15 is 0 Å². The van der Waals surface area contributed by atoms with E-state index in [2.05, 4.69) is 22.5 Å². The number of ether oxygens (including phenoxy) is 2. The number of nitrogens with zero attached hydrogens (tertiary/aromatic N) is 2. The monoisotopic (exact) mass is 382 g/mol. The topological polar surface area (TPSA) is 67.8 Å². The van der Waals surface area contributed by atoms with Gasteiger partial charge in [0.25, 0.3) is 0 Å². The fourth-order valence-corrected chi connectivity index (χ4v) is 3.29. The molecule has 0 spiro atoms. The third-order valence-corrected chi connectivity index (χ3v) is 4.75. The van der Waals surface area contributed by atoms with Crippen LogP contribution in [-0.2, 0) is 13.1 Å². The summed E-state index contributed by atoms with van der Waals surface area (Å²) < 4.78 is 11.7. The number of hydrogen-bond acceptors (Lipinski definition) is 4. The molecule has 6 heteroatoms. The zero-order valence-electron chi connectivity index (χ0n) is 16.8. The van der Waals surface area contributed by atoms with Crippen LogP contribution < -0.4 is 20.1 Å². The predicted molar refractivity (Wildman–Crippen MR) is 112 cm³/mol. The van der Waals surface area contributed by atoms with Crippen molar-refractivity contribution in [3.8, 4) is 11.5 Å². The smallest absolute Gasteiger partial charge is 0.191 e. The molecule has 6 nitrogen and oxygen atoms in total. The molecule has 1 aliphatic rings. The standard InChI is InChI=1S/C22H30N4O2/c1-3-23-22(26-16-18-8-6-7-13-24-18)25-15-17-11-12-20(27-2)21(14-17)28-19-9-4-5-10-19/h6-8,11-14,19H,3-5,9-10,15-16H2,1-2H3,(H2,23,25,26). The maximum absolute atomic E-state index is 6.18. The average molecular weight is 383 g/mol. The van der Waals surface area contributed by atoms with Crippen molar-refractivity contribution >= 4 is 5.96 Å². The molecule has 1 aliphatic carbocycles. The summed E-state index contributed by atoms with van der Waals surface area (Å²) in [6.07, 6.45) is 6.81. The van der Waals surface area contributed by atoms with Gasteiger partial charge in [-0.1, -0.05) is 12.1 Å². The highest BCUT2D eigenvalue weighted by molar-refractivity contribution is 5.79. The summed E-state index contributed by atoms with van der Waals surface area (Å²) >= 11 is 0. The van der Waals surface area contributed by atoms with Crippen molar-refractivity contribution in [3.05, 3.63) is 53.9 Å². The molecule has 1 heterocycles. The number of hydrogen-bond donors (Lipinski definition) is 2. The number of aliphatic imine (C=N–C) groups is 1. The summed E-state index contributed by atoms with van der Waals surface area (Å²) in [5.41, 5.74) is 2.06. The molecular weight excluding hydrogens is 352 g/mol. The molecule has 150 valence electrons. The van der Waals surface area contributed by atoms with Crippen molar-refractivity contribution in [1.29, 1.82) is 0 Å². The van der Waals surface area contributed by atoms with E-state index in [1.807, 2.05) is 36.4 Å². The Morgan fingerprint density at radius 3 is 2.71 bits per heavy atom. The van der Waals surface area contributed by atoms with Gasteiger partial charge in [-0.05, 0) is 62.4 Å². The molecule has 2 N–H and O–H groups in total. The number of pyridine rings is 1. The third kappa shape index (κ3) is 5.87. The first kappa shape index (κ1) is 20.0. The molecule has 0 bridgehead atoms. The minimum absolute atomic E-state index is 0.296. The van der Waals surface area contributed by atoms with Gasteiger partial charge in [-0.25, -0.2) is 4.99 Å². The van der Waals surface area contributed by atoms with Crippen LogP contribution in [-0.4, -0.2) is 30.7 Å². The van der Waals surface area contributed by atoms with Crippen LogP contribution in [0.2, 0.25) is 0 Å². The molecule has 0 atom stereocenters. The fraction of sp³-hybridized carbons (Fsp3) is 0.455. The van der Waals surface area contributed by atoms with E-state index in [1.165, 1.54) is 12.8 Å². The molecular formula is C22H30N4O2. The lowest BCUT2D eigenvalue weighted by molar-refractivity contribution is 0.200. The Bertz CT molecular complexity index is 758. The lowest BCUT2D eigenvalue weighted by atomic mass is 10.2. The Balaban J connectivity index is 1.65. The van der Waals surface area contributed by atoms with E-state index in [0.717, 1.165) is 48.1 Å². The average Bonchev–Trinajstić information content (AvgIpc) is 3.24. The molecule has 0 aliphatic heterocycles. The summed E-state index contributed by atoms with van der Waals surface area (Å²) in [5.74, 6) is 2.36. The van der Waals surface area contributed by atoms with Gasteiger partial charge in [0.15, 0.2) is 17.5 Å². The fourth-order valence-electron chi connectivity index (χ4n) is 3.29. The van der Waals surface area contributed by atoms with Crippen LogP contribution in [0.3, 0.4) is 0 Å². The number of aromatic nitrogens is 1. The van der Waals surface area contributed by atoms with Gasteiger partial charge < -0.3 is 20.1 Å². The first-order valence-corrected chi connectivity index (χ1v) is 10.0. The molecule has 0 saturated heterocycles. The minimum Gasteiger partial charge on any atom is -0.493 e. The maximum atomic E-state index is 6.18. The maximum Gasteiger partial charge on any atom is 0.191 e. The number of methoxy groups -OCH3 is 1. The van der Waals surface area contributed by atoms with Crippen molar-refractivity contribution < 1.29 is 9.47 Å². The van der Waals surface area contributed by atoms with Crippen LogP contribution in [0.1, 0.15) is 43.9 Å². The van der Waals surface area contributed by atoms with Crippen LogP contribution >= 0.6 is 0 Å². The zero-order valence-corrected chi connectivity index (χ0v) is 16.8. The highest BCUT2D eigenvalue weighted by Crippen LogP contribution is 2.32. The number of guanidine groups is 1. The molecule has 3 rings (SSSR count). The van der Waals surface area contributed by atoms with E-state index in [9.17, 15) is 0 Å². The Kier molecular flexibility index (Phi) is 7.53. The van der Waals surface area contributed by atoms with Crippen LogP contribution in [0.5, 0.6) is 11.5 Å². The Labute approximate surface area is 167 Å². The first-order chi connectivity index (χ1) is 13.8. The number of rotatable bonds is 8. The van der Waals surface area contributed by atoms with E-state index in [1.54, 1.807) is 13.3 Å². The SMILES string of the molecule is CCNC(=NCc1ccc(OC)c(OC2CCCC2)c1)NCc1ccccn1. The molecule has 28 heavy (non-hydrogen) atoms. The molecule has 1 saturated carbocycles. The Morgan fingerprint density at radius 2 is 2.00 bits per heavy atom. The van der Waals surface area contributed by atoms with Gasteiger partial charge in [-0.2, -0.15) is 0 Å². The van der Waals surface area contributed by atoms with E-state index < -0.39 is 0 Å². The predicted octanol–water partition coefficient (Wildman–Crippen LogP) is 3.67. The van der Waals surface area contributed by atoms with Crippen molar-refractivity contribution in [3.63, 3.8) is 0 Å². The summed E-state index contributed by atoms with van der Waals surface area (Å²) in [4.78, 5) is 9.03. The van der Waals surface area contributed by atoms with Gasteiger partial charge in [-0.3, -0.25) is 4.98 Å². The van der Waals surface area contributed by atoms with Gasteiger partial charge in [0.05, 0.1) is 32.0 Å². The lowest BCUT2D eigenvalue weighted by Crippen LogP contribution is -2.37. The first-order valence-electron chi connectivity index (χ1n) is 10.0. The van der Waals surface area contributed by atoms with Crippen LogP contribution in [0.4, 0.5) is 0 Å². The van der Waals surface area contributed by atoms with Crippen LogP contribution in [0.15, 0.2) is 47.6 Å². The van der Waals surface area contributed by atoms with E-state index in [-0.39, 0.29) is 0 Å². The van der Waals surface area contributed by atoms with Crippen molar-refractivity contribution in [2.24, 2.45) is 4.99 Å². The highest BCUT2D eigenvalue weighted by atomic mass is 16.5. The number of nitrogens with one attached hydrogen (secondary N) is 2. The minimum atomic E-state index is 0.296.